The van der Waals surface area contributed by atoms with Gasteiger partial charge >= 0.3 is 5.97 Å². The van der Waals surface area contributed by atoms with Crippen molar-refractivity contribution in [2.24, 2.45) is 0 Å². The first-order valence-corrected chi connectivity index (χ1v) is 7.60. The second kappa shape index (κ2) is 6.60. The van der Waals surface area contributed by atoms with E-state index in [4.69, 9.17) is 5.11 Å². The zero-order valence-corrected chi connectivity index (χ0v) is 12.6. The Morgan fingerprint density at radius 2 is 2.04 bits per heavy atom. The maximum absolute atomic E-state index is 12.4. The molecule has 1 N–H and O–H groups in total. The molecular formula is C16H18N4O3. The molecule has 0 saturated carbocycles. The van der Waals surface area contributed by atoms with E-state index in [9.17, 15) is 9.59 Å². The van der Waals surface area contributed by atoms with E-state index in [1.54, 1.807) is 11.1 Å². The smallest absolute Gasteiger partial charge is 0.305 e. The van der Waals surface area contributed by atoms with Crippen molar-refractivity contribution < 1.29 is 14.7 Å². The first kappa shape index (κ1) is 15.2. The standard InChI is InChI=1S/C16H18N4O3/c21-15(20-8-4-7-13(20)9-16(22)23)11-19-10-14(17-18-19)12-5-2-1-3-6-12/h1-3,5-6,10,13H,4,7-9,11H2,(H,22,23). The van der Waals surface area contributed by atoms with Gasteiger partial charge < -0.3 is 10.0 Å². The summed E-state index contributed by atoms with van der Waals surface area (Å²) in [5.41, 5.74) is 1.65. The van der Waals surface area contributed by atoms with Crippen LogP contribution >= 0.6 is 0 Å². The lowest BCUT2D eigenvalue weighted by atomic mass is 10.1. The Labute approximate surface area is 133 Å². The second-order valence-corrected chi connectivity index (χ2v) is 5.65. The number of aromatic nitrogens is 3. The molecule has 120 valence electrons. The van der Waals surface area contributed by atoms with Crippen LogP contribution in [0.3, 0.4) is 0 Å². The number of amides is 1. The Hall–Kier alpha value is -2.70. The van der Waals surface area contributed by atoms with Gasteiger partial charge in [0.15, 0.2) is 0 Å². The number of benzene rings is 1. The van der Waals surface area contributed by atoms with E-state index < -0.39 is 5.97 Å². The van der Waals surface area contributed by atoms with Crippen molar-refractivity contribution in [3.05, 3.63) is 36.5 Å². The maximum atomic E-state index is 12.4. The Morgan fingerprint density at radius 3 is 2.78 bits per heavy atom. The van der Waals surface area contributed by atoms with Crippen LogP contribution in [0.2, 0.25) is 0 Å². The summed E-state index contributed by atoms with van der Waals surface area (Å²) in [7, 11) is 0. The highest BCUT2D eigenvalue weighted by Gasteiger charge is 2.30. The van der Waals surface area contributed by atoms with Gasteiger partial charge in [-0.05, 0) is 12.8 Å². The third kappa shape index (κ3) is 3.56. The van der Waals surface area contributed by atoms with Gasteiger partial charge in [0, 0.05) is 18.2 Å². The van der Waals surface area contributed by atoms with Crippen molar-refractivity contribution in [1.29, 1.82) is 0 Å². The number of carboxylic acids is 1. The van der Waals surface area contributed by atoms with Crippen molar-refractivity contribution in [3.63, 3.8) is 0 Å². The molecule has 1 unspecified atom stereocenters. The normalized spacial score (nSPS) is 17.4. The summed E-state index contributed by atoms with van der Waals surface area (Å²) >= 11 is 0. The van der Waals surface area contributed by atoms with E-state index in [0.717, 1.165) is 18.4 Å². The number of rotatable bonds is 5. The molecule has 1 aliphatic heterocycles. The number of nitrogens with zero attached hydrogens (tertiary/aromatic N) is 4. The van der Waals surface area contributed by atoms with Crippen LogP contribution in [0, 0.1) is 0 Å². The summed E-state index contributed by atoms with van der Waals surface area (Å²) in [6.45, 7) is 0.687. The number of carbonyl (C=O) groups excluding carboxylic acids is 1. The lowest BCUT2D eigenvalue weighted by Gasteiger charge is -2.23. The molecule has 7 nitrogen and oxygen atoms in total. The molecule has 23 heavy (non-hydrogen) atoms. The number of carboxylic acid groups (broad SMARTS) is 1. The van der Waals surface area contributed by atoms with Gasteiger partial charge in [0.25, 0.3) is 0 Å². The van der Waals surface area contributed by atoms with Gasteiger partial charge in [-0.3, -0.25) is 9.59 Å². The largest absolute Gasteiger partial charge is 0.481 e. The molecule has 0 aliphatic carbocycles. The third-order valence-corrected chi connectivity index (χ3v) is 4.01. The minimum atomic E-state index is -0.873. The number of carbonyl (C=O) groups is 2. The first-order chi connectivity index (χ1) is 11.1. The van der Waals surface area contributed by atoms with E-state index in [1.165, 1.54) is 4.68 Å². The Bertz CT molecular complexity index is 698. The fourth-order valence-corrected chi connectivity index (χ4v) is 2.92. The zero-order chi connectivity index (χ0) is 16.2. The fourth-order valence-electron chi connectivity index (χ4n) is 2.92. The summed E-state index contributed by atoms with van der Waals surface area (Å²) < 4.78 is 1.50. The lowest BCUT2D eigenvalue weighted by molar-refractivity contribution is -0.140. The molecule has 1 fully saturated rings. The van der Waals surface area contributed by atoms with Crippen LogP contribution in [0.5, 0.6) is 0 Å². The number of hydrogen-bond acceptors (Lipinski definition) is 4. The lowest BCUT2D eigenvalue weighted by Crippen LogP contribution is -2.39. The minimum absolute atomic E-state index is 0.00162. The van der Waals surface area contributed by atoms with Gasteiger partial charge in [0.2, 0.25) is 5.91 Å². The van der Waals surface area contributed by atoms with E-state index in [-0.39, 0.29) is 24.9 Å². The molecule has 0 spiro atoms. The monoisotopic (exact) mass is 314 g/mol. The number of hydrogen-bond donors (Lipinski definition) is 1. The van der Waals surface area contributed by atoms with Crippen molar-refractivity contribution in [2.45, 2.75) is 31.8 Å². The molecule has 1 aromatic carbocycles. The molecule has 0 radical (unpaired) electrons. The molecule has 3 rings (SSSR count). The summed E-state index contributed by atoms with van der Waals surface area (Å²) in [6.07, 6.45) is 3.31. The molecule has 0 bridgehead atoms. The maximum Gasteiger partial charge on any atom is 0.305 e. The van der Waals surface area contributed by atoms with Crippen molar-refractivity contribution in [2.75, 3.05) is 6.54 Å². The average Bonchev–Trinajstić information content (AvgIpc) is 3.17. The molecule has 1 atom stereocenters. The van der Waals surface area contributed by atoms with Crippen LogP contribution in [0.1, 0.15) is 19.3 Å². The molecule has 1 amide bonds. The quantitative estimate of drug-likeness (QED) is 0.901. The number of likely N-dealkylation sites (tertiary alicyclic amines) is 1. The van der Waals surface area contributed by atoms with Crippen LogP contribution in [-0.2, 0) is 16.1 Å². The third-order valence-electron chi connectivity index (χ3n) is 4.01. The first-order valence-electron chi connectivity index (χ1n) is 7.60. The van der Waals surface area contributed by atoms with Gasteiger partial charge in [-0.25, -0.2) is 4.68 Å². The highest BCUT2D eigenvalue weighted by atomic mass is 16.4. The second-order valence-electron chi connectivity index (χ2n) is 5.65. The van der Waals surface area contributed by atoms with Crippen LogP contribution in [0.15, 0.2) is 36.5 Å². The number of aliphatic carboxylic acids is 1. The Morgan fingerprint density at radius 1 is 1.26 bits per heavy atom. The zero-order valence-electron chi connectivity index (χ0n) is 12.6. The van der Waals surface area contributed by atoms with Crippen LogP contribution in [0.25, 0.3) is 11.3 Å². The van der Waals surface area contributed by atoms with Crippen molar-refractivity contribution in [3.8, 4) is 11.3 Å². The molecule has 2 heterocycles. The topological polar surface area (TPSA) is 88.3 Å². The molecule has 1 aromatic heterocycles. The average molecular weight is 314 g/mol. The van der Waals surface area contributed by atoms with Gasteiger partial charge in [0.1, 0.15) is 12.2 Å². The predicted octanol–water partition coefficient (Wildman–Crippen LogP) is 1.41. The summed E-state index contributed by atoms with van der Waals surface area (Å²) in [4.78, 5) is 24.9. The van der Waals surface area contributed by atoms with Crippen molar-refractivity contribution in [1.82, 2.24) is 19.9 Å². The van der Waals surface area contributed by atoms with Crippen LogP contribution in [-0.4, -0.2) is 49.5 Å². The SMILES string of the molecule is O=C(O)CC1CCCN1C(=O)Cn1cc(-c2ccccc2)nn1. The van der Waals surface area contributed by atoms with Crippen molar-refractivity contribution >= 4 is 11.9 Å². The Balaban J connectivity index is 1.66. The molecule has 1 aliphatic rings. The minimum Gasteiger partial charge on any atom is -0.481 e. The summed E-state index contributed by atoms with van der Waals surface area (Å²) in [6, 6.07) is 9.41. The van der Waals surface area contributed by atoms with E-state index in [0.29, 0.717) is 12.2 Å². The molecular weight excluding hydrogens is 296 g/mol. The molecule has 2 aromatic rings. The van der Waals surface area contributed by atoms with Gasteiger partial charge in [-0.2, -0.15) is 0 Å². The van der Waals surface area contributed by atoms with Crippen LogP contribution < -0.4 is 0 Å². The Kier molecular flexibility index (Phi) is 4.36. The highest BCUT2D eigenvalue weighted by molar-refractivity contribution is 5.78. The fraction of sp³-hybridized carbons (Fsp3) is 0.375. The van der Waals surface area contributed by atoms with Crippen LogP contribution in [0.4, 0.5) is 0 Å². The molecule has 1 saturated heterocycles. The van der Waals surface area contributed by atoms with Gasteiger partial charge in [-0.15, -0.1) is 5.10 Å². The highest BCUT2D eigenvalue weighted by Crippen LogP contribution is 2.21. The van der Waals surface area contributed by atoms with E-state index in [2.05, 4.69) is 10.3 Å². The summed E-state index contributed by atoms with van der Waals surface area (Å²) in [5, 5.41) is 17.0. The van der Waals surface area contributed by atoms with Gasteiger partial charge in [-0.1, -0.05) is 35.5 Å². The summed E-state index contributed by atoms with van der Waals surface area (Å²) in [5.74, 6) is -0.986. The predicted molar refractivity (Wildman–Crippen MR) is 82.4 cm³/mol. The van der Waals surface area contributed by atoms with E-state index in [1.807, 2.05) is 30.3 Å². The van der Waals surface area contributed by atoms with Gasteiger partial charge in [0.05, 0.1) is 12.6 Å². The molecule has 7 heteroatoms. The van der Waals surface area contributed by atoms with E-state index >= 15 is 0 Å².